The Morgan fingerprint density at radius 1 is 1.03 bits per heavy atom. The third-order valence-electron chi connectivity index (χ3n) is 5.83. The second kappa shape index (κ2) is 9.46. The molecule has 35 heavy (non-hydrogen) atoms. The fraction of sp³-hybridized carbons (Fsp3) is 0.231. The van der Waals surface area contributed by atoms with Crippen LogP contribution in [0.25, 0.3) is 11.0 Å². The van der Waals surface area contributed by atoms with E-state index in [1.54, 1.807) is 30.3 Å². The van der Waals surface area contributed by atoms with Crippen LogP contribution in [-0.2, 0) is 0 Å². The Morgan fingerprint density at radius 3 is 2.51 bits per heavy atom. The van der Waals surface area contributed by atoms with E-state index in [9.17, 15) is 9.59 Å². The van der Waals surface area contributed by atoms with Crippen LogP contribution in [0.15, 0.2) is 63.8 Å². The van der Waals surface area contributed by atoms with Crippen molar-refractivity contribution in [3.63, 3.8) is 0 Å². The fourth-order valence-corrected chi connectivity index (χ4v) is 4.10. The fourth-order valence-electron chi connectivity index (χ4n) is 4.10. The molecule has 9 heteroatoms. The molecule has 0 unspecified atom stereocenters. The first-order valence-corrected chi connectivity index (χ1v) is 11.4. The van der Waals surface area contributed by atoms with Crippen molar-refractivity contribution in [3.8, 4) is 5.75 Å². The Balaban J connectivity index is 1.30. The maximum atomic E-state index is 12.8. The minimum atomic E-state index is -0.731. The van der Waals surface area contributed by atoms with Crippen LogP contribution in [0, 0.1) is 6.92 Å². The van der Waals surface area contributed by atoms with E-state index < -0.39 is 11.5 Å². The summed E-state index contributed by atoms with van der Waals surface area (Å²) in [6, 6.07) is 15.8. The zero-order chi connectivity index (χ0) is 24.4. The first kappa shape index (κ1) is 22.4. The number of rotatable bonds is 6. The summed E-state index contributed by atoms with van der Waals surface area (Å²) in [5.74, 6) is 1.33. The van der Waals surface area contributed by atoms with Gasteiger partial charge < -0.3 is 24.7 Å². The SMILES string of the molecule is COc1cccc2cc(C(=O)Nc3ccc(Nc4cc(C)nc(N5CCCC5)n4)cc3)c(=O)oc12. The molecule has 0 radical (unpaired) electrons. The molecule has 4 aromatic rings. The minimum Gasteiger partial charge on any atom is -0.493 e. The number of carbonyl (C=O) groups excluding carboxylic acids is 1. The second-order valence-electron chi connectivity index (χ2n) is 8.37. The third-order valence-corrected chi connectivity index (χ3v) is 5.83. The summed E-state index contributed by atoms with van der Waals surface area (Å²) in [6.45, 7) is 3.89. The Labute approximate surface area is 201 Å². The molecule has 2 aromatic heterocycles. The van der Waals surface area contributed by atoms with Crippen molar-refractivity contribution >= 4 is 40.0 Å². The Kier molecular flexibility index (Phi) is 6.05. The molecule has 1 saturated heterocycles. The number of anilines is 4. The maximum absolute atomic E-state index is 12.8. The van der Waals surface area contributed by atoms with E-state index in [1.165, 1.54) is 13.2 Å². The van der Waals surface area contributed by atoms with Gasteiger partial charge in [-0.25, -0.2) is 9.78 Å². The van der Waals surface area contributed by atoms with Gasteiger partial charge in [-0.2, -0.15) is 4.98 Å². The molecule has 1 fully saturated rings. The quantitative estimate of drug-likeness (QED) is 0.396. The van der Waals surface area contributed by atoms with Gasteiger partial charge in [-0.1, -0.05) is 12.1 Å². The van der Waals surface area contributed by atoms with Gasteiger partial charge in [0.15, 0.2) is 11.3 Å². The third kappa shape index (κ3) is 4.79. The van der Waals surface area contributed by atoms with Crippen LogP contribution in [0.2, 0.25) is 0 Å². The number of para-hydroxylation sites is 1. The van der Waals surface area contributed by atoms with Gasteiger partial charge in [0, 0.05) is 41.6 Å². The molecule has 1 aliphatic heterocycles. The zero-order valence-electron chi connectivity index (χ0n) is 19.5. The summed E-state index contributed by atoms with van der Waals surface area (Å²) in [6.07, 6.45) is 2.31. The molecule has 0 bridgehead atoms. The zero-order valence-corrected chi connectivity index (χ0v) is 19.5. The maximum Gasteiger partial charge on any atom is 0.349 e. The van der Waals surface area contributed by atoms with Gasteiger partial charge in [0.1, 0.15) is 11.4 Å². The molecule has 178 valence electrons. The van der Waals surface area contributed by atoms with Gasteiger partial charge in [-0.3, -0.25) is 4.79 Å². The standard InChI is InChI=1S/C26H25N5O4/c1-16-14-22(30-26(27-16)31-12-3-4-13-31)28-18-8-10-19(11-9-18)29-24(32)20-15-17-6-5-7-21(34-2)23(17)35-25(20)33/h5-11,14-15H,3-4,12-13H2,1-2H3,(H,29,32)(H,27,28,30). The summed E-state index contributed by atoms with van der Waals surface area (Å²) in [5, 5.41) is 6.64. The number of fused-ring (bicyclic) bond motifs is 1. The van der Waals surface area contributed by atoms with Crippen molar-refractivity contribution in [3.05, 3.63) is 76.3 Å². The van der Waals surface area contributed by atoms with Crippen LogP contribution < -0.4 is 25.9 Å². The molecule has 0 saturated carbocycles. The van der Waals surface area contributed by atoms with Gasteiger partial charge in [0.25, 0.3) is 5.91 Å². The van der Waals surface area contributed by atoms with Crippen LogP contribution in [0.4, 0.5) is 23.1 Å². The molecular formula is C26H25N5O4. The minimum absolute atomic E-state index is 0.0844. The number of amides is 1. The summed E-state index contributed by atoms with van der Waals surface area (Å²) in [5.41, 5.74) is 1.73. The monoisotopic (exact) mass is 471 g/mol. The van der Waals surface area contributed by atoms with E-state index in [0.717, 1.165) is 43.3 Å². The molecular weight excluding hydrogens is 446 g/mol. The topological polar surface area (TPSA) is 110 Å². The average Bonchev–Trinajstić information content (AvgIpc) is 3.39. The largest absolute Gasteiger partial charge is 0.493 e. The van der Waals surface area contributed by atoms with Crippen molar-refractivity contribution < 1.29 is 13.9 Å². The molecule has 2 N–H and O–H groups in total. The number of aryl methyl sites for hydroxylation is 1. The number of carbonyl (C=O) groups is 1. The van der Waals surface area contributed by atoms with Crippen LogP contribution in [0.5, 0.6) is 5.75 Å². The Bertz CT molecular complexity index is 1440. The van der Waals surface area contributed by atoms with Crippen molar-refractivity contribution in [2.24, 2.45) is 0 Å². The van der Waals surface area contributed by atoms with Gasteiger partial charge in [0.2, 0.25) is 5.95 Å². The van der Waals surface area contributed by atoms with Crippen molar-refractivity contribution in [1.29, 1.82) is 0 Å². The molecule has 0 aliphatic carbocycles. The molecule has 5 rings (SSSR count). The van der Waals surface area contributed by atoms with Crippen LogP contribution >= 0.6 is 0 Å². The van der Waals surface area contributed by atoms with Gasteiger partial charge in [-0.05, 0) is 56.2 Å². The van der Waals surface area contributed by atoms with Crippen molar-refractivity contribution in [2.75, 3.05) is 35.7 Å². The van der Waals surface area contributed by atoms with Crippen molar-refractivity contribution in [1.82, 2.24) is 9.97 Å². The Morgan fingerprint density at radius 2 is 1.77 bits per heavy atom. The number of benzene rings is 2. The second-order valence-corrected chi connectivity index (χ2v) is 8.37. The summed E-state index contributed by atoms with van der Waals surface area (Å²) in [7, 11) is 1.49. The van der Waals surface area contributed by atoms with Gasteiger partial charge in [0.05, 0.1) is 7.11 Å². The highest BCUT2D eigenvalue weighted by atomic mass is 16.5. The number of aromatic nitrogens is 2. The highest BCUT2D eigenvalue weighted by Crippen LogP contribution is 2.25. The van der Waals surface area contributed by atoms with E-state index >= 15 is 0 Å². The van der Waals surface area contributed by atoms with E-state index in [4.69, 9.17) is 9.15 Å². The number of ether oxygens (including phenoxy) is 1. The van der Waals surface area contributed by atoms with Crippen molar-refractivity contribution in [2.45, 2.75) is 19.8 Å². The highest BCUT2D eigenvalue weighted by molar-refractivity contribution is 6.05. The molecule has 1 aliphatic rings. The highest BCUT2D eigenvalue weighted by Gasteiger charge is 2.17. The first-order valence-electron chi connectivity index (χ1n) is 11.4. The van der Waals surface area contributed by atoms with E-state index in [0.29, 0.717) is 28.2 Å². The lowest BCUT2D eigenvalue weighted by Crippen LogP contribution is -2.21. The predicted octanol–water partition coefficient (Wildman–Crippen LogP) is 4.50. The van der Waals surface area contributed by atoms with Gasteiger partial charge >= 0.3 is 5.63 Å². The summed E-state index contributed by atoms with van der Waals surface area (Å²) < 4.78 is 10.6. The predicted molar refractivity (Wildman–Crippen MR) is 135 cm³/mol. The lowest BCUT2D eigenvalue weighted by Gasteiger charge is -2.17. The number of methoxy groups -OCH3 is 1. The van der Waals surface area contributed by atoms with Crippen LogP contribution in [0.1, 0.15) is 28.9 Å². The smallest absolute Gasteiger partial charge is 0.349 e. The number of hydrogen-bond donors (Lipinski definition) is 2. The summed E-state index contributed by atoms with van der Waals surface area (Å²) >= 11 is 0. The van der Waals surface area contributed by atoms with E-state index in [1.807, 2.05) is 25.1 Å². The molecule has 3 heterocycles. The lowest BCUT2D eigenvalue weighted by atomic mass is 10.1. The van der Waals surface area contributed by atoms with Gasteiger partial charge in [-0.15, -0.1) is 0 Å². The number of nitrogens with one attached hydrogen (secondary N) is 2. The average molecular weight is 472 g/mol. The molecule has 0 spiro atoms. The molecule has 1 amide bonds. The lowest BCUT2D eigenvalue weighted by molar-refractivity contribution is 0.102. The van der Waals surface area contributed by atoms with Crippen LogP contribution in [-0.4, -0.2) is 36.1 Å². The molecule has 2 aromatic carbocycles. The number of hydrogen-bond acceptors (Lipinski definition) is 8. The molecule has 9 nitrogen and oxygen atoms in total. The van der Waals surface area contributed by atoms with E-state index in [2.05, 4.69) is 25.5 Å². The molecule has 0 atom stereocenters. The van der Waals surface area contributed by atoms with Crippen LogP contribution in [0.3, 0.4) is 0 Å². The Hall–Kier alpha value is -4.40. The summed E-state index contributed by atoms with van der Waals surface area (Å²) in [4.78, 5) is 36.6. The number of nitrogens with zero attached hydrogens (tertiary/aromatic N) is 3. The normalized spacial score (nSPS) is 13.1. The van der Waals surface area contributed by atoms with E-state index in [-0.39, 0.29) is 5.56 Å². The first-order chi connectivity index (χ1) is 17.0.